The second-order valence-corrected chi connectivity index (χ2v) is 5.19. The Bertz CT molecular complexity index is 264. The van der Waals surface area contributed by atoms with Crippen LogP contribution in [-0.4, -0.2) is 62.9 Å². The highest BCUT2D eigenvalue weighted by Gasteiger charge is 2.30. The van der Waals surface area contributed by atoms with E-state index in [9.17, 15) is 4.79 Å². The first kappa shape index (κ1) is 17.4. The van der Waals surface area contributed by atoms with Gasteiger partial charge in [0.05, 0.1) is 13.2 Å². The van der Waals surface area contributed by atoms with Gasteiger partial charge in [0.1, 0.15) is 6.04 Å². The highest BCUT2D eigenvalue weighted by Crippen LogP contribution is 2.18. The van der Waals surface area contributed by atoms with Crippen LogP contribution in [0.3, 0.4) is 0 Å². The number of ether oxygens (including phenoxy) is 2. The molecular weight excluding hydrogens is 256 g/mol. The molecule has 0 aromatic carbocycles. The van der Waals surface area contributed by atoms with Crippen LogP contribution in [0, 0.1) is 5.92 Å². The molecule has 0 amide bonds. The zero-order chi connectivity index (χ0) is 14.8. The van der Waals surface area contributed by atoms with E-state index in [1.165, 1.54) is 0 Å². The molecule has 5 nitrogen and oxygen atoms in total. The average molecular weight is 286 g/mol. The fourth-order valence-electron chi connectivity index (χ4n) is 2.62. The van der Waals surface area contributed by atoms with E-state index in [0.29, 0.717) is 13.2 Å². The number of hydrogen-bond acceptors (Lipinski definition) is 5. The van der Waals surface area contributed by atoms with E-state index in [4.69, 9.17) is 9.47 Å². The Morgan fingerprint density at radius 1 is 1.40 bits per heavy atom. The number of rotatable bonds is 9. The normalized spacial score (nSPS) is 20.9. The predicted molar refractivity (Wildman–Crippen MR) is 79.8 cm³/mol. The van der Waals surface area contributed by atoms with E-state index in [2.05, 4.69) is 24.1 Å². The molecule has 0 spiro atoms. The second-order valence-electron chi connectivity index (χ2n) is 5.19. The summed E-state index contributed by atoms with van der Waals surface area (Å²) in [7, 11) is 0. The largest absolute Gasteiger partial charge is 0.465 e. The van der Waals surface area contributed by atoms with Crippen molar-refractivity contribution in [2.24, 2.45) is 5.92 Å². The summed E-state index contributed by atoms with van der Waals surface area (Å²) in [6.07, 6.45) is 2.06. The summed E-state index contributed by atoms with van der Waals surface area (Å²) in [4.78, 5) is 14.4. The van der Waals surface area contributed by atoms with Crippen LogP contribution in [0.2, 0.25) is 0 Å². The maximum Gasteiger partial charge on any atom is 0.323 e. The zero-order valence-electron chi connectivity index (χ0n) is 13.2. The topological polar surface area (TPSA) is 50.8 Å². The summed E-state index contributed by atoms with van der Waals surface area (Å²) in [5, 5.41) is 3.38. The van der Waals surface area contributed by atoms with Crippen LogP contribution in [0.5, 0.6) is 0 Å². The first-order chi connectivity index (χ1) is 9.72. The lowest BCUT2D eigenvalue weighted by Crippen LogP contribution is -2.48. The fraction of sp³-hybridized carbons (Fsp3) is 0.933. The molecule has 0 aromatic heterocycles. The first-order valence-corrected chi connectivity index (χ1v) is 7.93. The van der Waals surface area contributed by atoms with Gasteiger partial charge in [-0.25, -0.2) is 0 Å². The van der Waals surface area contributed by atoms with Gasteiger partial charge in [0.25, 0.3) is 0 Å². The van der Waals surface area contributed by atoms with E-state index in [-0.39, 0.29) is 17.9 Å². The Hall–Kier alpha value is -0.650. The molecule has 1 fully saturated rings. The van der Waals surface area contributed by atoms with Crippen LogP contribution < -0.4 is 5.32 Å². The lowest BCUT2D eigenvalue weighted by molar-refractivity contribution is -0.148. The van der Waals surface area contributed by atoms with E-state index >= 15 is 0 Å². The van der Waals surface area contributed by atoms with Crippen molar-refractivity contribution >= 4 is 5.97 Å². The van der Waals surface area contributed by atoms with Crippen molar-refractivity contribution in [3.63, 3.8) is 0 Å². The van der Waals surface area contributed by atoms with Crippen molar-refractivity contribution in [1.29, 1.82) is 0 Å². The van der Waals surface area contributed by atoms with Crippen LogP contribution in [0.1, 0.15) is 33.6 Å². The third-order valence-corrected chi connectivity index (χ3v) is 3.89. The molecule has 0 saturated carbocycles. The molecule has 1 heterocycles. The lowest BCUT2D eigenvalue weighted by atomic mass is 9.93. The molecule has 2 atom stereocenters. The molecule has 1 aliphatic rings. The lowest BCUT2D eigenvalue weighted by Gasteiger charge is -2.30. The quantitative estimate of drug-likeness (QED) is 0.647. The van der Waals surface area contributed by atoms with E-state index in [1.54, 1.807) is 0 Å². The first-order valence-electron chi connectivity index (χ1n) is 7.93. The number of hydrogen-bond donors (Lipinski definition) is 1. The summed E-state index contributed by atoms with van der Waals surface area (Å²) < 4.78 is 10.7. The van der Waals surface area contributed by atoms with Gasteiger partial charge >= 0.3 is 5.97 Å². The van der Waals surface area contributed by atoms with Crippen molar-refractivity contribution in [2.45, 2.75) is 39.7 Å². The maximum atomic E-state index is 12.1. The van der Waals surface area contributed by atoms with Crippen LogP contribution >= 0.6 is 0 Å². The van der Waals surface area contributed by atoms with E-state index in [0.717, 1.165) is 45.6 Å². The predicted octanol–water partition coefficient (Wildman–Crippen LogP) is 1.28. The molecule has 118 valence electrons. The Balaban J connectivity index is 2.46. The molecule has 5 heteroatoms. The third-order valence-electron chi connectivity index (χ3n) is 3.89. The summed E-state index contributed by atoms with van der Waals surface area (Å²) >= 11 is 0. The number of esters is 1. The summed E-state index contributed by atoms with van der Waals surface area (Å²) in [5.41, 5.74) is 0. The molecule has 1 N–H and O–H groups in total. The van der Waals surface area contributed by atoms with Crippen LogP contribution in [0.15, 0.2) is 0 Å². The van der Waals surface area contributed by atoms with Gasteiger partial charge in [-0.15, -0.1) is 0 Å². The molecule has 0 bridgehead atoms. The minimum Gasteiger partial charge on any atom is -0.465 e. The van der Waals surface area contributed by atoms with Crippen LogP contribution in [0.4, 0.5) is 0 Å². The third kappa shape index (κ3) is 5.77. The van der Waals surface area contributed by atoms with Gasteiger partial charge in [0.2, 0.25) is 0 Å². The highest BCUT2D eigenvalue weighted by atomic mass is 16.5. The molecule has 0 aromatic rings. The van der Waals surface area contributed by atoms with Crippen LogP contribution in [-0.2, 0) is 14.3 Å². The standard InChI is InChI=1S/C15H30N2O3/c1-4-17(5-2)10-9-16-14(15(18)20-6-3)13-8-7-11-19-12-13/h13-14,16H,4-12H2,1-3H3. The van der Waals surface area contributed by atoms with Crippen molar-refractivity contribution in [2.75, 3.05) is 46.0 Å². The average Bonchev–Trinajstić information content (AvgIpc) is 2.48. The van der Waals surface area contributed by atoms with Crippen molar-refractivity contribution in [1.82, 2.24) is 10.2 Å². The molecule has 20 heavy (non-hydrogen) atoms. The Morgan fingerprint density at radius 2 is 2.15 bits per heavy atom. The molecule has 1 aliphatic heterocycles. The highest BCUT2D eigenvalue weighted by molar-refractivity contribution is 5.76. The van der Waals surface area contributed by atoms with Gasteiger partial charge in [-0.3, -0.25) is 4.79 Å². The number of likely N-dealkylation sites (N-methyl/N-ethyl adjacent to an activating group) is 1. The zero-order valence-corrected chi connectivity index (χ0v) is 13.2. The summed E-state index contributed by atoms with van der Waals surface area (Å²) in [6.45, 7) is 11.9. The van der Waals surface area contributed by atoms with Crippen molar-refractivity contribution < 1.29 is 14.3 Å². The van der Waals surface area contributed by atoms with Gasteiger partial charge in [-0.2, -0.15) is 0 Å². The van der Waals surface area contributed by atoms with E-state index in [1.807, 2.05) is 6.92 Å². The monoisotopic (exact) mass is 286 g/mol. The minimum atomic E-state index is -0.231. The molecular formula is C15H30N2O3. The second kappa shape index (κ2) is 10.1. The molecule has 1 saturated heterocycles. The molecule has 0 radical (unpaired) electrons. The Labute approximate surface area is 123 Å². The summed E-state index contributed by atoms with van der Waals surface area (Å²) in [6, 6.07) is -0.231. The van der Waals surface area contributed by atoms with Gasteiger partial charge in [0, 0.05) is 25.6 Å². The minimum absolute atomic E-state index is 0.137. The smallest absolute Gasteiger partial charge is 0.323 e. The fourth-order valence-corrected chi connectivity index (χ4v) is 2.62. The molecule has 1 rings (SSSR count). The number of nitrogens with one attached hydrogen (secondary N) is 1. The van der Waals surface area contributed by atoms with Crippen molar-refractivity contribution in [3.8, 4) is 0 Å². The van der Waals surface area contributed by atoms with Gasteiger partial charge < -0.3 is 19.7 Å². The summed E-state index contributed by atoms with van der Waals surface area (Å²) in [5.74, 6) is 0.0991. The van der Waals surface area contributed by atoms with Gasteiger partial charge in [-0.05, 0) is 32.9 Å². The van der Waals surface area contributed by atoms with E-state index < -0.39 is 0 Å². The van der Waals surface area contributed by atoms with Crippen LogP contribution in [0.25, 0.3) is 0 Å². The number of carbonyl (C=O) groups is 1. The SMILES string of the molecule is CCOC(=O)C(NCCN(CC)CC)C1CCCOC1. The number of nitrogens with zero attached hydrogens (tertiary/aromatic N) is 1. The van der Waals surface area contributed by atoms with Crippen molar-refractivity contribution in [3.05, 3.63) is 0 Å². The maximum absolute atomic E-state index is 12.1. The van der Waals surface area contributed by atoms with Gasteiger partial charge in [0.15, 0.2) is 0 Å². The molecule has 2 unspecified atom stereocenters. The Morgan fingerprint density at radius 3 is 2.70 bits per heavy atom. The van der Waals surface area contributed by atoms with Gasteiger partial charge in [-0.1, -0.05) is 13.8 Å². The molecule has 0 aliphatic carbocycles. The number of carbonyl (C=O) groups excluding carboxylic acids is 1. The Kier molecular flexibility index (Phi) is 8.82.